The van der Waals surface area contributed by atoms with Gasteiger partial charge in [0.15, 0.2) is 0 Å². The number of hydrogen-bond acceptors (Lipinski definition) is 3. The monoisotopic (exact) mass is 287 g/mol. The molecule has 1 atom stereocenters. The lowest BCUT2D eigenvalue weighted by atomic mass is 10.1. The molecule has 0 aliphatic carbocycles. The van der Waals surface area contributed by atoms with Gasteiger partial charge in [-0.2, -0.15) is 4.31 Å². The standard InChI is InChI=1S/C13H18FNO3S/c1-10(2)19(16,17)15-7-8-18-13(9-15)11-3-5-12(14)6-4-11/h3-6,10,13H,7-9H2,1-2H3. The molecule has 1 aromatic carbocycles. The van der Waals surface area contributed by atoms with E-state index in [0.717, 1.165) is 5.56 Å². The molecule has 106 valence electrons. The number of hydrogen-bond donors (Lipinski definition) is 0. The van der Waals surface area contributed by atoms with E-state index < -0.39 is 15.3 Å². The first-order chi connectivity index (χ1) is 8.91. The molecule has 19 heavy (non-hydrogen) atoms. The molecule has 0 bridgehead atoms. The van der Waals surface area contributed by atoms with Crippen molar-refractivity contribution in [1.29, 1.82) is 0 Å². The molecular formula is C13H18FNO3S. The van der Waals surface area contributed by atoms with Crippen LogP contribution in [0.15, 0.2) is 24.3 Å². The summed E-state index contributed by atoms with van der Waals surface area (Å²) in [7, 11) is -3.27. The van der Waals surface area contributed by atoms with Crippen LogP contribution in [-0.2, 0) is 14.8 Å². The van der Waals surface area contributed by atoms with Gasteiger partial charge in [-0.15, -0.1) is 0 Å². The van der Waals surface area contributed by atoms with Gasteiger partial charge in [0.05, 0.1) is 18.0 Å². The summed E-state index contributed by atoms with van der Waals surface area (Å²) < 4.78 is 44.2. The predicted molar refractivity (Wildman–Crippen MR) is 70.7 cm³/mol. The maximum absolute atomic E-state index is 12.9. The van der Waals surface area contributed by atoms with Crippen LogP contribution in [0.4, 0.5) is 4.39 Å². The van der Waals surface area contributed by atoms with Gasteiger partial charge in [0, 0.05) is 13.1 Å². The van der Waals surface area contributed by atoms with Crippen LogP contribution in [0.5, 0.6) is 0 Å². The fourth-order valence-electron chi connectivity index (χ4n) is 2.03. The van der Waals surface area contributed by atoms with Gasteiger partial charge in [-0.25, -0.2) is 12.8 Å². The Kier molecular flexibility index (Phi) is 4.23. The average Bonchev–Trinajstić information content (AvgIpc) is 2.39. The van der Waals surface area contributed by atoms with Gasteiger partial charge in [-0.1, -0.05) is 12.1 Å². The number of ether oxygens (including phenoxy) is 1. The quantitative estimate of drug-likeness (QED) is 0.853. The van der Waals surface area contributed by atoms with Crippen LogP contribution in [0, 0.1) is 5.82 Å². The highest BCUT2D eigenvalue weighted by Crippen LogP contribution is 2.25. The van der Waals surface area contributed by atoms with Gasteiger partial charge in [0.2, 0.25) is 10.0 Å². The summed E-state index contributed by atoms with van der Waals surface area (Å²) in [6.45, 7) is 4.34. The fourth-order valence-corrected chi connectivity index (χ4v) is 3.30. The molecule has 6 heteroatoms. The Labute approximate surface area is 113 Å². The second-order valence-electron chi connectivity index (χ2n) is 4.86. The number of benzene rings is 1. The fraction of sp³-hybridized carbons (Fsp3) is 0.538. The van der Waals surface area contributed by atoms with Gasteiger partial charge in [-0.3, -0.25) is 0 Å². The molecule has 1 fully saturated rings. The van der Waals surface area contributed by atoms with E-state index in [2.05, 4.69) is 0 Å². The van der Waals surface area contributed by atoms with Crippen molar-refractivity contribution in [2.24, 2.45) is 0 Å². The molecule has 1 aliphatic heterocycles. The van der Waals surface area contributed by atoms with Crippen molar-refractivity contribution in [2.75, 3.05) is 19.7 Å². The zero-order valence-corrected chi connectivity index (χ0v) is 11.9. The highest BCUT2D eigenvalue weighted by atomic mass is 32.2. The lowest BCUT2D eigenvalue weighted by Gasteiger charge is -2.33. The normalized spacial score (nSPS) is 21.8. The van der Waals surface area contributed by atoms with Crippen LogP contribution < -0.4 is 0 Å². The third-order valence-electron chi connectivity index (χ3n) is 3.23. The molecule has 1 heterocycles. The van der Waals surface area contributed by atoms with Crippen LogP contribution in [0.25, 0.3) is 0 Å². The van der Waals surface area contributed by atoms with E-state index in [1.54, 1.807) is 26.0 Å². The van der Waals surface area contributed by atoms with Crippen LogP contribution in [0.3, 0.4) is 0 Å². The van der Waals surface area contributed by atoms with Gasteiger partial charge in [0.1, 0.15) is 5.82 Å². The zero-order chi connectivity index (χ0) is 14.0. The van der Waals surface area contributed by atoms with E-state index >= 15 is 0 Å². The highest BCUT2D eigenvalue weighted by molar-refractivity contribution is 7.89. The van der Waals surface area contributed by atoms with Crippen LogP contribution in [0.1, 0.15) is 25.5 Å². The Balaban J connectivity index is 2.16. The topological polar surface area (TPSA) is 46.6 Å². The molecule has 1 aromatic rings. The summed E-state index contributed by atoms with van der Waals surface area (Å²) in [5.41, 5.74) is 0.796. The van der Waals surface area contributed by atoms with E-state index in [4.69, 9.17) is 4.74 Å². The van der Waals surface area contributed by atoms with E-state index in [-0.39, 0.29) is 18.5 Å². The summed E-state index contributed by atoms with van der Waals surface area (Å²) in [5.74, 6) is -0.314. The van der Waals surface area contributed by atoms with Crippen molar-refractivity contribution in [3.8, 4) is 0 Å². The first kappa shape index (κ1) is 14.4. The SMILES string of the molecule is CC(C)S(=O)(=O)N1CCOC(c2ccc(F)cc2)C1. The van der Waals surface area contributed by atoms with Crippen molar-refractivity contribution in [1.82, 2.24) is 4.31 Å². The molecule has 2 rings (SSSR count). The predicted octanol–water partition coefficient (Wildman–Crippen LogP) is 1.94. The third-order valence-corrected chi connectivity index (χ3v) is 5.47. The maximum Gasteiger partial charge on any atom is 0.216 e. The van der Waals surface area contributed by atoms with Crippen LogP contribution >= 0.6 is 0 Å². The summed E-state index contributed by atoms with van der Waals surface area (Å²) in [6.07, 6.45) is -0.331. The Morgan fingerprint density at radius 3 is 2.53 bits per heavy atom. The highest BCUT2D eigenvalue weighted by Gasteiger charge is 2.32. The Hall–Kier alpha value is -0.980. The molecular weight excluding hydrogens is 269 g/mol. The van der Waals surface area contributed by atoms with Crippen molar-refractivity contribution >= 4 is 10.0 Å². The second kappa shape index (κ2) is 5.56. The van der Waals surface area contributed by atoms with Crippen LogP contribution in [0.2, 0.25) is 0 Å². The van der Waals surface area contributed by atoms with Gasteiger partial charge >= 0.3 is 0 Å². The number of sulfonamides is 1. The molecule has 1 saturated heterocycles. The Morgan fingerprint density at radius 2 is 1.95 bits per heavy atom. The molecule has 0 saturated carbocycles. The average molecular weight is 287 g/mol. The van der Waals surface area contributed by atoms with Crippen molar-refractivity contribution in [3.05, 3.63) is 35.6 Å². The summed E-state index contributed by atoms with van der Waals surface area (Å²) in [5, 5.41) is -0.445. The van der Waals surface area contributed by atoms with Crippen molar-refractivity contribution in [3.63, 3.8) is 0 Å². The molecule has 0 amide bonds. The summed E-state index contributed by atoms with van der Waals surface area (Å²) >= 11 is 0. The number of nitrogens with zero attached hydrogens (tertiary/aromatic N) is 1. The third kappa shape index (κ3) is 3.13. The molecule has 0 radical (unpaired) electrons. The lowest BCUT2D eigenvalue weighted by molar-refractivity contribution is -0.00277. The van der Waals surface area contributed by atoms with Gasteiger partial charge < -0.3 is 4.74 Å². The maximum atomic E-state index is 12.9. The smallest absolute Gasteiger partial charge is 0.216 e. The van der Waals surface area contributed by atoms with Gasteiger partial charge in [0.25, 0.3) is 0 Å². The Bertz CT molecular complexity index is 527. The molecule has 4 nitrogen and oxygen atoms in total. The zero-order valence-electron chi connectivity index (χ0n) is 11.0. The van der Waals surface area contributed by atoms with E-state index in [9.17, 15) is 12.8 Å². The Morgan fingerprint density at radius 1 is 1.32 bits per heavy atom. The molecule has 1 unspecified atom stereocenters. The first-order valence-electron chi connectivity index (χ1n) is 6.27. The van der Waals surface area contributed by atoms with Crippen LogP contribution in [-0.4, -0.2) is 37.7 Å². The first-order valence-corrected chi connectivity index (χ1v) is 7.77. The largest absolute Gasteiger partial charge is 0.371 e. The number of morpholine rings is 1. The minimum atomic E-state index is -3.27. The number of rotatable bonds is 3. The minimum Gasteiger partial charge on any atom is -0.371 e. The summed E-state index contributed by atoms with van der Waals surface area (Å²) in [4.78, 5) is 0. The van der Waals surface area contributed by atoms with E-state index in [1.165, 1.54) is 16.4 Å². The van der Waals surface area contributed by atoms with Crippen molar-refractivity contribution in [2.45, 2.75) is 25.2 Å². The second-order valence-corrected chi connectivity index (χ2v) is 7.35. The van der Waals surface area contributed by atoms with E-state index in [0.29, 0.717) is 13.2 Å². The molecule has 0 N–H and O–H groups in total. The molecule has 0 aromatic heterocycles. The number of halogens is 1. The molecule has 0 spiro atoms. The minimum absolute atomic E-state index is 0.284. The van der Waals surface area contributed by atoms with Crippen molar-refractivity contribution < 1.29 is 17.5 Å². The molecule has 1 aliphatic rings. The summed E-state index contributed by atoms with van der Waals surface area (Å²) in [6, 6.07) is 5.97. The van der Waals surface area contributed by atoms with Gasteiger partial charge in [-0.05, 0) is 31.5 Å². The van der Waals surface area contributed by atoms with E-state index in [1.807, 2.05) is 0 Å². The lowest BCUT2D eigenvalue weighted by Crippen LogP contribution is -2.45.